The second kappa shape index (κ2) is 5.75. The predicted molar refractivity (Wildman–Crippen MR) is 90.4 cm³/mol. The molecule has 0 spiro atoms. The summed E-state index contributed by atoms with van der Waals surface area (Å²) in [6, 6.07) is 3.89. The molecule has 2 aromatic heterocycles. The zero-order valence-corrected chi connectivity index (χ0v) is 13.6. The van der Waals surface area contributed by atoms with E-state index in [2.05, 4.69) is 50.7 Å². The summed E-state index contributed by atoms with van der Waals surface area (Å²) in [4.78, 5) is 19.7. The van der Waals surface area contributed by atoms with E-state index in [0.717, 1.165) is 11.0 Å². The highest BCUT2D eigenvalue weighted by Crippen LogP contribution is 2.26. The smallest absolute Gasteiger partial charge is 0.319 e. The van der Waals surface area contributed by atoms with Gasteiger partial charge >= 0.3 is 6.03 Å². The van der Waals surface area contributed by atoms with Gasteiger partial charge in [0.1, 0.15) is 5.69 Å². The molecule has 0 bridgehead atoms. The van der Waals surface area contributed by atoms with Crippen LogP contribution < -0.4 is 10.6 Å². The van der Waals surface area contributed by atoms with Gasteiger partial charge < -0.3 is 15.6 Å². The second-order valence-electron chi connectivity index (χ2n) is 5.95. The Bertz CT molecular complexity index is 822. The molecule has 7 nitrogen and oxygen atoms in total. The molecule has 2 amide bonds. The minimum absolute atomic E-state index is 0.0579. The SMILES string of the molecule is Cc1cc2nc(-c3[nH]ncc3NC(=O)NC(C)C)[nH]c2cc1C. The maximum Gasteiger partial charge on any atom is 0.319 e. The number of nitrogens with zero attached hydrogens (tertiary/aromatic N) is 2. The summed E-state index contributed by atoms with van der Waals surface area (Å²) in [6.07, 6.45) is 1.57. The number of aromatic amines is 2. The van der Waals surface area contributed by atoms with Crippen LogP contribution in [0.15, 0.2) is 18.3 Å². The number of rotatable bonds is 3. The molecule has 2 heterocycles. The van der Waals surface area contributed by atoms with Crippen molar-refractivity contribution in [2.45, 2.75) is 33.7 Å². The third-order valence-corrected chi connectivity index (χ3v) is 3.64. The lowest BCUT2D eigenvalue weighted by molar-refractivity contribution is 0.250. The molecule has 0 saturated heterocycles. The molecule has 3 rings (SSSR count). The summed E-state index contributed by atoms with van der Waals surface area (Å²) in [5, 5.41) is 12.5. The normalized spacial score (nSPS) is 11.2. The number of aromatic nitrogens is 4. The van der Waals surface area contributed by atoms with Crippen molar-refractivity contribution in [3.8, 4) is 11.5 Å². The highest BCUT2D eigenvalue weighted by Gasteiger charge is 2.15. The Morgan fingerprint density at radius 2 is 1.96 bits per heavy atom. The van der Waals surface area contributed by atoms with Gasteiger partial charge in [0.05, 0.1) is 22.9 Å². The lowest BCUT2D eigenvalue weighted by Crippen LogP contribution is -2.34. The number of carbonyl (C=O) groups is 1. The first kappa shape index (κ1) is 15.1. The van der Waals surface area contributed by atoms with Crippen LogP contribution in [0, 0.1) is 13.8 Å². The van der Waals surface area contributed by atoms with Gasteiger partial charge in [-0.05, 0) is 51.0 Å². The van der Waals surface area contributed by atoms with Crippen LogP contribution in [-0.4, -0.2) is 32.2 Å². The van der Waals surface area contributed by atoms with Crippen molar-refractivity contribution in [1.29, 1.82) is 0 Å². The van der Waals surface area contributed by atoms with Gasteiger partial charge in [-0.2, -0.15) is 5.10 Å². The molecule has 0 atom stereocenters. The van der Waals surface area contributed by atoms with Crippen molar-refractivity contribution < 1.29 is 4.79 Å². The number of aryl methyl sites for hydroxylation is 2. The molecule has 120 valence electrons. The Balaban J connectivity index is 1.94. The monoisotopic (exact) mass is 312 g/mol. The van der Waals surface area contributed by atoms with Gasteiger partial charge in [0.25, 0.3) is 0 Å². The average Bonchev–Trinajstić information content (AvgIpc) is 3.04. The molecule has 7 heteroatoms. The molecule has 3 aromatic rings. The van der Waals surface area contributed by atoms with E-state index >= 15 is 0 Å². The number of amides is 2. The van der Waals surface area contributed by atoms with E-state index in [0.29, 0.717) is 17.2 Å². The largest absolute Gasteiger partial charge is 0.337 e. The standard InChI is InChI=1S/C16H20N6O/c1-8(2)18-16(23)21-13-7-17-22-14(13)15-19-11-5-9(3)10(4)6-12(11)20-15/h5-8H,1-4H3,(H,17,22)(H,19,20)(H2,18,21,23). The first-order valence-electron chi connectivity index (χ1n) is 7.52. The quantitative estimate of drug-likeness (QED) is 0.598. The summed E-state index contributed by atoms with van der Waals surface area (Å²) in [5.74, 6) is 0.641. The van der Waals surface area contributed by atoms with E-state index in [1.165, 1.54) is 11.1 Å². The number of nitrogens with one attached hydrogen (secondary N) is 4. The first-order valence-corrected chi connectivity index (χ1v) is 7.52. The Labute approximate surface area is 133 Å². The summed E-state index contributed by atoms with van der Waals surface area (Å²) < 4.78 is 0. The van der Waals surface area contributed by atoms with E-state index in [1.54, 1.807) is 6.20 Å². The molecule has 0 aliphatic heterocycles. The molecule has 4 N–H and O–H groups in total. The summed E-state index contributed by atoms with van der Waals surface area (Å²) in [5.41, 5.74) is 5.46. The lowest BCUT2D eigenvalue weighted by atomic mass is 10.1. The molecule has 0 unspecified atom stereocenters. The number of urea groups is 1. The van der Waals surface area contributed by atoms with Crippen LogP contribution in [0.4, 0.5) is 10.5 Å². The number of fused-ring (bicyclic) bond motifs is 1. The minimum Gasteiger partial charge on any atom is -0.337 e. The summed E-state index contributed by atoms with van der Waals surface area (Å²) in [7, 11) is 0. The summed E-state index contributed by atoms with van der Waals surface area (Å²) in [6.45, 7) is 7.93. The van der Waals surface area contributed by atoms with Crippen molar-refractivity contribution in [2.75, 3.05) is 5.32 Å². The molecular weight excluding hydrogens is 292 g/mol. The zero-order valence-electron chi connectivity index (χ0n) is 13.6. The lowest BCUT2D eigenvalue weighted by Gasteiger charge is -2.09. The van der Waals surface area contributed by atoms with E-state index in [4.69, 9.17) is 0 Å². The first-order chi connectivity index (χ1) is 10.9. The van der Waals surface area contributed by atoms with Gasteiger partial charge in [-0.25, -0.2) is 9.78 Å². The molecule has 23 heavy (non-hydrogen) atoms. The molecule has 1 aromatic carbocycles. The van der Waals surface area contributed by atoms with Gasteiger partial charge in [0.15, 0.2) is 5.82 Å². The van der Waals surface area contributed by atoms with Crippen molar-refractivity contribution in [1.82, 2.24) is 25.5 Å². The van der Waals surface area contributed by atoms with Gasteiger partial charge in [-0.1, -0.05) is 0 Å². The fraction of sp³-hybridized carbons (Fsp3) is 0.312. The van der Waals surface area contributed by atoms with Crippen LogP contribution >= 0.6 is 0 Å². The average molecular weight is 312 g/mol. The van der Waals surface area contributed by atoms with Crippen molar-refractivity contribution in [3.05, 3.63) is 29.5 Å². The number of anilines is 1. The Morgan fingerprint density at radius 3 is 2.70 bits per heavy atom. The number of hydrogen-bond acceptors (Lipinski definition) is 3. The number of carbonyl (C=O) groups excluding carboxylic acids is 1. The van der Waals surface area contributed by atoms with Crippen molar-refractivity contribution in [3.63, 3.8) is 0 Å². The van der Waals surface area contributed by atoms with Crippen molar-refractivity contribution in [2.24, 2.45) is 0 Å². The molecule has 0 radical (unpaired) electrons. The Morgan fingerprint density at radius 1 is 1.22 bits per heavy atom. The number of H-pyrrole nitrogens is 2. The fourth-order valence-corrected chi connectivity index (χ4v) is 2.37. The molecule has 0 aliphatic rings. The van der Waals surface area contributed by atoms with Crippen LogP contribution in [0.2, 0.25) is 0 Å². The third kappa shape index (κ3) is 3.03. The molecule has 0 fully saturated rings. The molecular formula is C16H20N6O. The van der Waals surface area contributed by atoms with E-state index in [9.17, 15) is 4.79 Å². The van der Waals surface area contributed by atoms with Gasteiger partial charge in [0, 0.05) is 6.04 Å². The summed E-state index contributed by atoms with van der Waals surface area (Å²) >= 11 is 0. The van der Waals surface area contributed by atoms with Gasteiger partial charge in [-0.15, -0.1) is 0 Å². The van der Waals surface area contributed by atoms with E-state index < -0.39 is 0 Å². The number of benzene rings is 1. The number of imidazole rings is 1. The Kier molecular flexibility index (Phi) is 3.77. The second-order valence-corrected chi connectivity index (χ2v) is 5.95. The maximum absolute atomic E-state index is 11.9. The van der Waals surface area contributed by atoms with Crippen LogP contribution in [0.5, 0.6) is 0 Å². The van der Waals surface area contributed by atoms with Crippen LogP contribution in [0.25, 0.3) is 22.6 Å². The van der Waals surface area contributed by atoms with Crippen LogP contribution in [0.3, 0.4) is 0 Å². The maximum atomic E-state index is 11.9. The topological polar surface area (TPSA) is 98.5 Å². The third-order valence-electron chi connectivity index (χ3n) is 3.64. The predicted octanol–water partition coefficient (Wildman–Crippen LogP) is 3.10. The number of hydrogen-bond donors (Lipinski definition) is 4. The highest BCUT2D eigenvalue weighted by atomic mass is 16.2. The zero-order chi connectivity index (χ0) is 16.6. The highest BCUT2D eigenvalue weighted by molar-refractivity contribution is 5.93. The van der Waals surface area contributed by atoms with Crippen LogP contribution in [-0.2, 0) is 0 Å². The van der Waals surface area contributed by atoms with Gasteiger partial charge in [0.2, 0.25) is 0 Å². The molecule has 0 aliphatic carbocycles. The van der Waals surface area contributed by atoms with E-state index in [1.807, 2.05) is 19.9 Å². The minimum atomic E-state index is -0.273. The van der Waals surface area contributed by atoms with Crippen LogP contribution in [0.1, 0.15) is 25.0 Å². The van der Waals surface area contributed by atoms with Gasteiger partial charge in [-0.3, -0.25) is 5.10 Å². The van der Waals surface area contributed by atoms with Crippen molar-refractivity contribution >= 4 is 22.8 Å². The Hall–Kier alpha value is -2.83. The van der Waals surface area contributed by atoms with E-state index in [-0.39, 0.29) is 12.1 Å². The fourth-order valence-electron chi connectivity index (χ4n) is 2.37. The molecule has 0 saturated carbocycles.